The van der Waals surface area contributed by atoms with Crippen molar-refractivity contribution in [3.05, 3.63) is 65.9 Å². The molecule has 1 heterocycles. The molecule has 2 aliphatic rings. The van der Waals surface area contributed by atoms with Gasteiger partial charge in [-0.15, -0.1) is 0 Å². The Kier molecular flexibility index (Phi) is 2.41. The minimum atomic E-state index is 0.0393. The first-order chi connectivity index (χ1) is 8.40. The summed E-state index contributed by atoms with van der Waals surface area (Å²) in [7, 11) is 0. The zero-order chi connectivity index (χ0) is 11.7. The standard InChI is InChI=1S/C15H12NO/c17-11-16-10-9-12-5-1-2-6-13(12)14-7-3-4-8-15(14)16/h1-10,14-15H. The highest BCUT2D eigenvalue weighted by Gasteiger charge is 2.28. The van der Waals surface area contributed by atoms with Crippen LogP contribution in [0.15, 0.2) is 54.8 Å². The van der Waals surface area contributed by atoms with Crippen LogP contribution in [0.4, 0.5) is 0 Å². The Morgan fingerprint density at radius 1 is 1.12 bits per heavy atom. The maximum Gasteiger partial charge on any atom is 0.317 e. The summed E-state index contributed by atoms with van der Waals surface area (Å²) >= 11 is 0. The molecule has 1 aliphatic carbocycles. The predicted molar refractivity (Wildman–Crippen MR) is 67.8 cm³/mol. The maximum absolute atomic E-state index is 11.0. The molecule has 1 amide bonds. The van der Waals surface area contributed by atoms with Gasteiger partial charge in [-0.2, -0.15) is 0 Å². The number of allylic oxidation sites excluding steroid dienone is 2. The summed E-state index contributed by atoms with van der Waals surface area (Å²) in [6, 6.07) is 8.28. The van der Waals surface area contributed by atoms with Crippen LogP contribution in [0.25, 0.3) is 6.08 Å². The first kappa shape index (κ1) is 10.1. The van der Waals surface area contributed by atoms with Crippen molar-refractivity contribution in [1.29, 1.82) is 0 Å². The zero-order valence-corrected chi connectivity index (χ0v) is 9.28. The molecule has 83 valence electrons. The monoisotopic (exact) mass is 222 g/mol. The molecule has 0 saturated heterocycles. The van der Waals surface area contributed by atoms with E-state index in [0.717, 1.165) is 0 Å². The number of nitrogens with zero attached hydrogens (tertiary/aromatic N) is 1. The zero-order valence-electron chi connectivity index (χ0n) is 9.28. The van der Waals surface area contributed by atoms with E-state index in [9.17, 15) is 4.79 Å². The highest BCUT2D eigenvalue weighted by molar-refractivity contribution is 5.63. The minimum Gasteiger partial charge on any atom is -0.303 e. The molecule has 1 aliphatic heterocycles. The quantitative estimate of drug-likeness (QED) is 0.715. The topological polar surface area (TPSA) is 20.3 Å². The van der Waals surface area contributed by atoms with E-state index >= 15 is 0 Å². The molecular weight excluding hydrogens is 210 g/mol. The summed E-state index contributed by atoms with van der Waals surface area (Å²) < 4.78 is 0. The summed E-state index contributed by atoms with van der Waals surface area (Å²) in [5.41, 5.74) is 2.42. The van der Waals surface area contributed by atoms with Crippen LogP contribution in [-0.2, 0) is 4.79 Å². The van der Waals surface area contributed by atoms with Crippen LogP contribution < -0.4 is 0 Å². The summed E-state index contributed by atoms with van der Waals surface area (Å²) in [5.74, 6) is 0.215. The minimum absolute atomic E-state index is 0.0393. The Hall–Kier alpha value is -2.09. The van der Waals surface area contributed by atoms with Crippen LogP contribution in [0.5, 0.6) is 0 Å². The molecule has 2 heteroatoms. The van der Waals surface area contributed by atoms with Crippen LogP contribution >= 0.6 is 0 Å². The van der Waals surface area contributed by atoms with Crippen molar-refractivity contribution in [1.82, 2.24) is 4.90 Å². The Balaban J connectivity index is 2.15. The SMILES string of the molecule is O=[C]N1C=Cc2ccccc2C2C=CC=CC21. The fourth-order valence-electron chi connectivity index (χ4n) is 2.47. The van der Waals surface area contributed by atoms with E-state index < -0.39 is 0 Å². The van der Waals surface area contributed by atoms with Gasteiger partial charge < -0.3 is 4.90 Å². The van der Waals surface area contributed by atoms with Crippen molar-refractivity contribution >= 4 is 12.5 Å². The number of hydrogen-bond donors (Lipinski definition) is 0. The number of benzene rings is 1. The Labute approximate surface area is 101 Å². The van der Waals surface area contributed by atoms with E-state index in [1.165, 1.54) is 11.1 Å². The molecule has 1 aromatic rings. The maximum atomic E-state index is 11.0. The summed E-state index contributed by atoms with van der Waals surface area (Å²) in [4.78, 5) is 12.6. The summed E-state index contributed by atoms with van der Waals surface area (Å²) in [5, 5.41) is 0. The number of amides is 1. The molecule has 0 saturated carbocycles. The van der Waals surface area contributed by atoms with Gasteiger partial charge in [0.05, 0.1) is 6.04 Å². The van der Waals surface area contributed by atoms with E-state index in [1.54, 1.807) is 11.1 Å². The second-order valence-corrected chi connectivity index (χ2v) is 4.23. The molecule has 0 fully saturated rings. The normalized spacial score (nSPS) is 25.1. The van der Waals surface area contributed by atoms with Gasteiger partial charge in [0.15, 0.2) is 0 Å². The summed E-state index contributed by atoms with van der Waals surface area (Å²) in [6.45, 7) is 0. The second kappa shape index (κ2) is 4.06. The Morgan fingerprint density at radius 2 is 1.94 bits per heavy atom. The van der Waals surface area contributed by atoms with Gasteiger partial charge >= 0.3 is 6.41 Å². The van der Waals surface area contributed by atoms with Gasteiger partial charge in [-0.3, -0.25) is 4.79 Å². The van der Waals surface area contributed by atoms with Crippen LogP contribution in [-0.4, -0.2) is 17.4 Å². The van der Waals surface area contributed by atoms with Gasteiger partial charge in [-0.1, -0.05) is 48.6 Å². The summed E-state index contributed by atoms with van der Waals surface area (Å²) in [6.07, 6.45) is 14.0. The molecule has 0 aromatic heterocycles. The highest BCUT2D eigenvalue weighted by atomic mass is 16.1. The molecule has 2 nitrogen and oxygen atoms in total. The average molecular weight is 222 g/mol. The number of carbonyl (C=O) groups excluding carboxylic acids is 1. The lowest BCUT2D eigenvalue weighted by Crippen LogP contribution is -2.32. The smallest absolute Gasteiger partial charge is 0.303 e. The Bertz CT molecular complexity index is 527. The van der Waals surface area contributed by atoms with Crippen LogP contribution in [0.2, 0.25) is 0 Å². The molecule has 1 aromatic carbocycles. The van der Waals surface area contributed by atoms with E-state index in [1.807, 2.05) is 42.8 Å². The molecule has 2 atom stereocenters. The number of rotatable bonds is 1. The first-order valence-electron chi connectivity index (χ1n) is 5.68. The van der Waals surface area contributed by atoms with Crippen molar-refractivity contribution in [2.24, 2.45) is 0 Å². The fourth-order valence-corrected chi connectivity index (χ4v) is 2.47. The largest absolute Gasteiger partial charge is 0.317 e. The van der Waals surface area contributed by atoms with Gasteiger partial charge in [-0.25, -0.2) is 0 Å². The molecule has 0 N–H and O–H groups in total. The van der Waals surface area contributed by atoms with Gasteiger partial charge in [0.2, 0.25) is 0 Å². The van der Waals surface area contributed by atoms with Crippen molar-refractivity contribution < 1.29 is 4.79 Å². The molecule has 1 radical (unpaired) electrons. The van der Waals surface area contributed by atoms with E-state index in [-0.39, 0.29) is 12.0 Å². The van der Waals surface area contributed by atoms with Crippen molar-refractivity contribution in [2.45, 2.75) is 12.0 Å². The van der Waals surface area contributed by atoms with Gasteiger partial charge in [0.1, 0.15) is 0 Å². The van der Waals surface area contributed by atoms with E-state index in [4.69, 9.17) is 0 Å². The van der Waals surface area contributed by atoms with Crippen LogP contribution in [0.1, 0.15) is 17.0 Å². The third kappa shape index (κ3) is 1.62. The van der Waals surface area contributed by atoms with Crippen LogP contribution in [0, 0.1) is 0 Å². The molecular formula is C15H12NO. The second-order valence-electron chi connectivity index (χ2n) is 4.23. The lowest BCUT2D eigenvalue weighted by atomic mass is 9.86. The molecule has 0 bridgehead atoms. The lowest BCUT2D eigenvalue weighted by molar-refractivity contribution is 0.397. The molecule has 3 rings (SSSR count). The molecule has 2 unspecified atom stereocenters. The van der Waals surface area contributed by atoms with Crippen LogP contribution in [0.3, 0.4) is 0 Å². The molecule has 17 heavy (non-hydrogen) atoms. The highest BCUT2D eigenvalue weighted by Crippen LogP contribution is 2.33. The number of hydrogen-bond acceptors (Lipinski definition) is 1. The lowest BCUT2D eigenvalue weighted by Gasteiger charge is -2.28. The predicted octanol–water partition coefficient (Wildman–Crippen LogP) is 2.62. The van der Waals surface area contributed by atoms with Crippen molar-refractivity contribution in [3.63, 3.8) is 0 Å². The van der Waals surface area contributed by atoms with E-state index in [2.05, 4.69) is 18.2 Å². The van der Waals surface area contributed by atoms with Gasteiger partial charge in [0.25, 0.3) is 0 Å². The fraction of sp³-hybridized carbons (Fsp3) is 0.133. The Morgan fingerprint density at radius 3 is 2.82 bits per heavy atom. The third-order valence-corrected chi connectivity index (χ3v) is 3.30. The average Bonchev–Trinajstić information content (AvgIpc) is 2.56. The van der Waals surface area contributed by atoms with E-state index in [0.29, 0.717) is 0 Å². The third-order valence-electron chi connectivity index (χ3n) is 3.30. The van der Waals surface area contributed by atoms with Gasteiger partial charge in [-0.05, 0) is 17.2 Å². The van der Waals surface area contributed by atoms with Crippen molar-refractivity contribution in [2.75, 3.05) is 0 Å². The first-order valence-corrected chi connectivity index (χ1v) is 5.68. The van der Waals surface area contributed by atoms with Gasteiger partial charge in [0, 0.05) is 12.1 Å². The van der Waals surface area contributed by atoms with Crippen molar-refractivity contribution in [3.8, 4) is 0 Å². The number of fused-ring (bicyclic) bond motifs is 3. The molecule has 0 spiro atoms.